The molecule has 0 aromatic heterocycles. The molecule has 2 saturated heterocycles. The van der Waals surface area contributed by atoms with Gasteiger partial charge in [-0.2, -0.15) is 0 Å². The van der Waals surface area contributed by atoms with E-state index in [0.717, 1.165) is 37.4 Å². The average Bonchev–Trinajstić information content (AvgIpc) is 2.99. The summed E-state index contributed by atoms with van der Waals surface area (Å²) in [6.45, 7) is 18.7. The van der Waals surface area contributed by atoms with Gasteiger partial charge >= 0.3 is 7.12 Å². The number of anilines is 1. The number of nitrogens with zero attached hydrogens (tertiary/aromatic N) is 2. The maximum Gasteiger partial charge on any atom is 0.498 e. The lowest BCUT2D eigenvalue weighted by molar-refractivity contribution is 0.00578. The number of methoxy groups -OCH3 is 1. The van der Waals surface area contributed by atoms with E-state index in [1.807, 2.05) is 39.8 Å². The summed E-state index contributed by atoms with van der Waals surface area (Å²) in [5.41, 5.74) is 2.43. The molecule has 7 heteroatoms. The molecule has 0 radical (unpaired) electrons. The molecule has 5 nitrogen and oxygen atoms in total. The molecule has 2 fully saturated rings. The van der Waals surface area contributed by atoms with Gasteiger partial charge in [-0.05, 0) is 78.3 Å². The Morgan fingerprint density at radius 1 is 0.941 bits per heavy atom. The summed E-state index contributed by atoms with van der Waals surface area (Å²) < 4.78 is 33.1. The summed E-state index contributed by atoms with van der Waals surface area (Å²) >= 11 is 0. The van der Waals surface area contributed by atoms with Gasteiger partial charge in [0.2, 0.25) is 0 Å². The molecule has 0 atom stereocenters. The fourth-order valence-corrected chi connectivity index (χ4v) is 4.71. The molecule has 2 aromatic carbocycles. The Kier molecular flexibility index (Phi) is 6.51. The minimum Gasteiger partial charge on any atom is -0.496 e. The van der Waals surface area contributed by atoms with Crippen molar-refractivity contribution in [1.29, 1.82) is 0 Å². The van der Waals surface area contributed by atoms with Crippen LogP contribution in [0.3, 0.4) is 0 Å². The first-order valence-electron chi connectivity index (χ1n) is 12.2. The zero-order valence-electron chi connectivity index (χ0n) is 21.9. The van der Waals surface area contributed by atoms with Gasteiger partial charge in [0, 0.05) is 48.4 Å². The number of piperazine rings is 1. The van der Waals surface area contributed by atoms with Crippen molar-refractivity contribution in [2.24, 2.45) is 0 Å². The molecule has 0 N–H and O–H groups in total. The number of ether oxygens (including phenoxy) is 1. The average molecular weight is 468 g/mol. The normalized spacial score (nSPS) is 20.6. The molecule has 4 rings (SSSR count). The third kappa shape index (κ3) is 4.70. The van der Waals surface area contributed by atoms with E-state index >= 15 is 0 Å². The van der Waals surface area contributed by atoms with E-state index in [1.54, 1.807) is 7.11 Å². The lowest BCUT2D eigenvalue weighted by Gasteiger charge is -2.43. The van der Waals surface area contributed by atoms with Gasteiger partial charge in [0.15, 0.2) is 0 Å². The second-order valence-corrected chi connectivity index (χ2v) is 11.4. The van der Waals surface area contributed by atoms with E-state index < -0.39 is 18.3 Å². The van der Waals surface area contributed by atoms with Crippen LogP contribution in [0.25, 0.3) is 11.1 Å². The number of rotatable bonds is 4. The second kappa shape index (κ2) is 8.85. The molecule has 2 heterocycles. The molecule has 2 aromatic rings. The van der Waals surface area contributed by atoms with E-state index in [0.29, 0.717) is 16.8 Å². The minimum atomic E-state index is -0.706. The molecule has 0 saturated carbocycles. The van der Waals surface area contributed by atoms with E-state index in [2.05, 4.69) is 42.7 Å². The van der Waals surface area contributed by atoms with Crippen LogP contribution in [0.1, 0.15) is 48.5 Å². The third-order valence-corrected chi connectivity index (χ3v) is 7.54. The molecule has 184 valence electrons. The van der Waals surface area contributed by atoms with Crippen molar-refractivity contribution in [1.82, 2.24) is 4.90 Å². The summed E-state index contributed by atoms with van der Waals surface area (Å²) in [5.74, 6) is 0.235. The van der Waals surface area contributed by atoms with Gasteiger partial charge in [0.05, 0.1) is 18.3 Å². The summed E-state index contributed by atoms with van der Waals surface area (Å²) in [5, 5.41) is 0. The minimum absolute atomic E-state index is 0.173. The molecule has 0 spiro atoms. The molecule has 0 unspecified atom stereocenters. The van der Waals surface area contributed by atoms with Crippen LogP contribution in [-0.4, -0.2) is 62.0 Å². The Balaban J connectivity index is 1.66. The van der Waals surface area contributed by atoms with Crippen molar-refractivity contribution in [2.45, 2.75) is 65.2 Å². The van der Waals surface area contributed by atoms with Crippen LogP contribution in [-0.2, 0) is 9.31 Å². The van der Waals surface area contributed by atoms with Crippen LogP contribution in [0.2, 0.25) is 0 Å². The predicted molar refractivity (Wildman–Crippen MR) is 138 cm³/mol. The Morgan fingerprint density at radius 2 is 1.56 bits per heavy atom. The van der Waals surface area contributed by atoms with Crippen molar-refractivity contribution < 1.29 is 18.4 Å². The van der Waals surface area contributed by atoms with Crippen LogP contribution in [0.15, 0.2) is 36.4 Å². The van der Waals surface area contributed by atoms with Crippen molar-refractivity contribution in [3.05, 3.63) is 42.2 Å². The number of hydrogen-bond donors (Lipinski definition) is 0. The Hall–Kier alpha value is -2.09. The van der Waals surface area contributed by atoms with Crippen LogP contribution < -0.4 is 15.1 Å². The van der Waals surface area contributed by atoms with Crippen molar-refractivity contribution >= 4 is 18.3 Å². The standard InChI is InChI=1S/C27H38BFN2O3/c1-25(2,3)31-14-12-30(13-15-31)21-11-9-10-19(16-21)22-17-20(29)18-23(24(22)32-8)28-33-26(4,5)27(6,7)34-28/h9-11,16-18H,12-15H2,1-8H3. The Labute approximate surface area is 204 Å². The highest BCUT2D eigenvalue weighted by Crippen LogP contribution is 2.39. The first kappa shape index (κ1) is 25.0. The lowest BCUT2D eigenvalue weighted by Crippen LogP contribution is -2.53. The molecule has 0 aliphatic carbocycles. The maximum absolute atomic E-state index is 14.9. The van der Waals surface area contributed by atoms with Gasteiger partial charge in [0.1, 0.15) is 11.6 Å². The topological polar surface area (TPSA) is 34.2 Å². The fourth-order valence-electron chi connectivity index (χ4n) is 4.71. The summed E-state index contributed by atoms with van der Waals surface area (Å²) in [7, 11) is 0.907. The zero-order valence-corrected chi connectivity index (χ0v) is 21.9. The SMILES string of the molecule is COc1c(B2OC(C)(C)C(C)(C)O2)cc(F)cc1-c1cccc(N2CCN(C(C)(C)C)CC2)c1. The van der Waals surface area contributed by atoms with Gasteiger partial charge in [-0.15, -0.1) is 0 Å². The summed E-state index contributed by atoms with van der Waals surface area (Å²) in [6, 6.07) is 11.3. The lowest BCUT2D eigenvalue weighted by atomic mass is 9.76. The number of benzene rings is 2. The van der Waals surface area contributed by atoms with Gasteiger partial charge in [-0.3, -0.25) is 4.90 Å². The van der Waals surface area contributed by atoms with E-state index in [-0.39, 0.29) is 11.4 Å². The largest absolute Gasteiger partial charge is 0.498 e. The van der Waals surface area contributed by atoms with Crippen LogP contribution in [0.5, 0.6) is 5.75 Å². The summed E-state index contributed by atoms with van der Waals surface area (Å²) in [4.78, 5) is 4.91. The number of halogens is 1. The van der Waals surface area contributed by atoms with Crippen LogP contribution >= 0.6 is 0 Å². The Bertz CT molecular complexity index is 1030. The van der Waals surface area contributed by atoms with Crippen molar-refractivity contribution in [2.75, 3.05) is 38.2 Å². The fraction of sp³-hybridized carbons (Fsp3) is 0.556. The molecule has 2 aliphatic rings. The summed E-state index contributed by atoms with van der Waals surface area (Å²) in [6.07, 6.45) is 0. The highest BCUT2D eigenvalue weighted by Gasteiger charge is 2.52. The molecule has 0 amide bonds. The maximum atomic E-state index is 14.9. The zero-order chi connectivity index (χ0) is 24.9. The van der Waals surface area contributed by atoms with E-state index in [4.69, 9.17) is 14.0 Å². The van der Waals surface area contributed by atoms with Gasteiger partial charge in [0.25, 0.3) is 0 Å². The van der Waals surface area contributed by atoms with E-state index in [1.165, 1.54) is 12.1 Å². The molecular weight excluding hydrogens is 430 g/mol. The van der Waals surface area contributed by atoms with Gasteiger partial charge in [-0.25, -0.2) is 4.39 Å². The highest BCUT2D eigenvalue weighted by atomic mass is 19.1. The van der Waals surface area contributed by atoms with Crippen molar-refractivity contribution in [3.63, 3.8) is 0 Å². The first-order valence-corrected chi connectivity index (χ1v) is 12.2. The highest BCUT2D eigenvalue weighted by molar-refractivity contribution is 6.63. The smallest absolute Gasteiger partial charge is 0.496 e. The Morgan fingerprint density at radius 3 is 2.12 bits per heavy atom. The molecule has 0 bridgehead atoms. The predicted octanol–water partition coefficient (Wildman–Crippen LogP) is 4.72. The third-order valence-electron chi connectivity index (χ3n) is 7.54. The van der Waals surface area contributed by atoms with Crippen molar-refractivity contribution in [3.8, 4) is 16.9 Å². The molecule has 34 heavy (non-hydrogen) atoms. The quantitative estimate of drug-likeness (QED) is 0.607. The van der Waals surface area contributed by atoms with Gasteiger partial charge in [-0.1, -0.05) is 12.1 Å². The second-order valence-electron chi connectivity index (χ2n) is 11.4. The van der Waals surface area contributed by atoms with Crippen LogP contribution in [0.4, 0.5) is 10.1 Å². The number of hydrogen-bond acceptors (Lipinski definition) is 5. The van der Waals surface area contributed by atoms with Gasteiger partial charge < -0.3 is 18.9 Å². The monoisotopic (exact) mass is 468 g/mol. The van der Waals surface area contributed by atoms with E-state index in [9.17, 15) is 4.39 Å². The molecular formula is C27H38BFN2O3. The van der Waals surface area contributed by atoms with Crippen LogP contribution in [0, 0.1) is 5.82 Å². The first-order chi connectivity index (χ1) is 15.8. The molecule has 2 aliphatic heterocycles.